The molecule has 0 saturated carbocycles. The molecule has 0 amide bonds. The van der Waals surface area contributed by atoms with Gasteiger partial charge in [-0.05, 0) is 39.3 Å². The summed E-state index contributed by atoms with van der Waals surface area (Å²) >= 11 is 0. The van der Waals surface area contributed by atoms with E-state index in [4.69, 9.17) is 5.73 Å². The molecule has 0 aromatic heterocycles. The van der Waals surface area contributed by atoms with Crippen LogP contribution in [0.15, 0.2) is 0 Å². The molecule has 90 valence electrons. The first-order valence-corrected chi connectivity index (χ1v) is 6.29. The third-order valence-electron chi connectivity index (χ3n) is 3.36. The lowest BCUT2D eigenvalue weighted by Gasteiger charge is -2.28. The minimum absolute atomic E-state index is 0.362. The predicted octanol–water partition coefficient (Wildman–Crippen LogP) is 1.35. The van der Waals surface area contributed by atoms with Gasteiger partial charge in [-0.3, -0.25) is 0 Å². The SMILES string of the molecule is CC(O)(CN)CCN1CCCCCCC1. The third kappa shape index (κ3) is 5.50. The first-order valence-electron chi connectivity index (χ1n) is 6.29. The second kappa shape index (κ2) is 6.46. The van der Waals surface area contributed by atoms with Crippen molar-refractivity contribution in [3.05, 3.63) is 0 Å². The van der Waals surface area contributed by atoms with Crippen molar-refractivity contribution in [3.8, 4) is 0 Å². The van der Waals surface area contributed by atoms with E-state index in [2.05, 4.69) is 4.90 Å². The summed E-state index contributed by atoms with van der Waals surface area (Å²) in [4.78, 5) is 2.48. The molecule has 1 heterocycles. The molecular weight excluding hydrogens is 188 g/mol. The Hall–Kier alpha value is -0.120. The first kappa shape index (κ1) is 12.9. The number of aliphatic hydroxyl groups is 1. The number of hydrogen-bond acceptors (Lipinski definition) is 3. The molecular formula is C12H26N2O. The van der Waals surface area contributed by atoms with Gasteiger partial charge in [0.1, 0.15) is 0 Å². The van der Waals surface area contributed by atoms with Crippen LogP contribution < -0.4 is 5.73 Å². The highest BCUT2D eigenvalue weighted by Gasteiger charge is 2.19. The van der Waals surface area contributed by atoms with E-state index in [0.29, 0.717) is 6.54 Å². The molecule has 1 rings (SSSR count). The van der Waals surface area contributed by atoms with Gasteiger partial charge < -0.3 is 15.7 Å². The van der Waals surface area contributed by atoms with Crippen molar-refractivity contribution >= 4 is 0 Å². The summed E-state index contributed by atoms with van der Waals surface area (Å²) in [5, 5.41) is 9.83. The average molecular weight is 214 g/mol. The summed E-state index contributed by atoms with van der Waals surface area (Å²) in [5.41, 5.74) is 4.83. The summed E-state index contributed by atoms with van der Waals surface area (Å²) in [6, 6.07) is 0. The average Bonchev–Trinajstić information content (AvgIpc) is 2.16. The van der Waals surface area contributed by atoms with Crippen molar-refractivity contribution in [2.24, 2.45) is 5.73 Å². The molecule has 1 saturated heterocycles. The lowest BCUT2D eigenvalue weighted by atomic mass is 10.0. The van der Waals surface area contributed by atoms with Crippen molar-refractivity contribution in [1.29, 1.82) is 0 Å². The molecule has 0 radical (unpaired) electrons. The zero-order valence-corrected chi connectivity index (χ0v) is 10.0. The van der Waals surface area contributed by atoms with Crippen molar-refractivity contribution in [2.45, 2.75) is 51.0 Å². The summed E-state index contributed by atoms with van der Waals surface area (Å²) in [5.74, 6) is 0. The Kier molecular flexibility index (Phi) is 5.58. The smallest absolute Gasteiger partial charge is 0.0753 e. The molecule has 0 spiro atoms. The Morgan fingerprint density at radius 1 is 1.13 bits per heavy atom. The van der Waals surface area contributed by atoms with Gasteiger partial charge in [0, 0.05) is 13.1 Å². The van der Waals surface area contributed by atoms with Crippen molar-refractivity contribution < 1.29 is 5.11 Å². The molecule has 0 bridgehead atoms. The van der Waals surface area contributed by atoms with Crippen LogP contribution in [0.5, 0.6) is 0 Å². The van der Waals surface area contributed by atoms with Gasteiger partial charge in [-0.25, -0.2) is 0 Å². The molecule has 0 aromatic rings. The maximum Gasteiger partial charge on any atom is 0.0753 e. The van der Waals surface area contributed by atoms with E-state index < -0.39 is 5.60 Å². The van der Waals surface area contributed by atoms with Crippen LogP contribution in [-0.4, -0.2) is 41.8 Å². The maximum atomic E-state index is 9.83. The minimum Gasteiger partial charge on any atom is -0.389 e. The lowest BCUT2D eigenvalue weighted by molar-refractivity contribution is 0.0467. The van der Waals surface area contributed by atoms with Crippen LogP contribution >= 0.6 is 0 Å². The van der Waals surface area contributed by atoms with E-state index in [0.717, 1.165) is 13.0 Å². The number of rotatable bonds is 4. The highest BCUT2D eigenvalue weighted by atomic mass is 16.3. The van der Waals surface area contributed by atoms with Crippen LogP contribution in [0.25, 0.3) is 0 Å². The fraction of sp³-hybridized carbons (Fsp3) is 1.00. The summed E-state index contributed by atoms with van der Waals surface area (Å²) < 4.78 is 0. The molecule has 1 aliphatic rings. The van der Waals surface area contributed by atoms with E-state index in [1.54, 1.807) is 0 Å². The summed E-state index contributed by atoms with van der Waals surface area (Å²) in [7, 11) is 0. The topological polar surface area (TPSA) is 49.5 Å². The highest BCUT2D eigenvalue weighted by molar-refractivity contribution is 4.75. The van der Waals surface area contributed by atoms with Gasteiger partial charge in [0.05, 0.1) is 5.60 Å². The lowest BCUT2D eigenvalue weighted by Crippen LogP contribution is -2.39. The van der Waals surface area contributed by atoms with Crippen LogP contribution in [0.4, 0.5) is 0 Å². The Morgan fingerprint density at radius 2 is 1.67 bits per heavy atom. The Morgan fingerprint density at radius 3 is 2.20 bits per heavy atom. The van der Waals surface area contributed by atoms with E-state index in [9.17, 15) is 5.11 Å². The fourth-order valence-corrected chi connectivity index (χ4v) is 2.04. The molecule has 1 atom stereocenters. The van der Waals surface area contributed by atoms with Gasteiger partial charge in [0.25, 0.3) is 0 Å². The molecule has 3 N–H and O–H groups in total. The summed E-state index contributed by atoms with van der Waals surface area (Å²) in [6.07, 6.45) is 7.54. The quantitative estimate of drug-likeness (QED) is 0.743. The predicted molar refractivity (Wildman–Crippen MR) is 63.8 cm³/mol. The molecule has 15 heavy (non-hydrogen) atoms. The van der Waals surface area contributed by atoms with Gasteiger partial charge in [-0.2, -0.15) is 0 Å². The second-order valence-corrected chi connectivity index (χ2v) is 5.06. The van der Waals surface area contributed by atoms with E-state index >= 15 is 0 Å². The number of nitrogens with two attached hydrogens (primary N) is 1. The van der Waals surface area contributed by atoms with Gasteiger partial charge in [-0.1, -0.05) is 19.3 Å². The van der Waals surface area contributed by atoms with E-state index in [1.807, 2.05) is 6.92 Å². The number of likely N-dealkylation sites (tertiary alicyclic amines) is 1. The summed E-state index contributed by atoms with van der Waals surface area (Å²) in [6.45, 7) is 5.57. The normalized spacial score (nSPS) is 24.2. The van der Waals surface area contributed by atoms with Crippen LogP contribution in [0.3, 0.4) is 0 Å². The van der Waals surface area contributed by atoms with Crippen LogP contribution in [0, 0.1) is 0 Å². The molecule has 3 nitrogen and oxygen atoms in total. The first-order chi connectivity index (χ1) is 7.14. The largest absolute Gasteiger partial charge is 0.389 e. The van der Waals surface area contributed by atoms with E-state index in [1.165, 1.54) is 45.2 Å². The number of nitrogens with zero attached hydrogens (tertiary/aromatic N) is 1. The zero-order valence-electron chi connectivity index (χ0n) is 10.0. The Balaban J connectivity index is 2.23. The van der Waals surface area contributed by atoms with Crippen LogP contribution in [0.2, 0.25) is 0 Å². The van der Waals surface area contributed by atoms with Crippen LogP contribution in [0.1, 0.15) is 45.4 Å². The fourth-order valence-electron chi connectivity index (χ4n) is 2.04. The second-order valence-electron chi connectivity index (χ2n) is 5.06. The standard InChI is InChI=1S/C12H26N2O/c1-12(15,11-13)7-10-14-8-5-3-2-4-6-9-14/h15H,2-11,13H2,1H3. The molecule has 0 aliphatic carbocycles. The molecule has 3 heteroatoms. The Bertz CT molecular complexity index is 163. The van der Waals surface area contributed by atoms with E-state index in [-0.39, 0.29) is 0 Å². The van der Waals surface area contributed by atoms with Crippen molar-refractivity contribution in [3.63, 3.8) is 0 Å². The van der Waals surface area contributed by atoms with Crippen molar-refractivity contribution in [1.82, 2.24) is 4.90 Å². The van der Waals surface area contributed by atoms with Gasteiger partial charge >= 0.3 is 0 Å². The number of hydrogen-bond donors (Lipinski definition) is 2. The maximum absolute atomic E-state index is 9.83. The molecule has 0 aromatic carbocycles. The molecule has 1 unspecified atom stereocenters. The monoisotopic (exact) mass is 214 g/mol. The van der Waals surface area contributed by atoms with Crippen molar-refractivity contribution in [2.75, 3.05) is 26.2 Å². The van der Waals surface area contributed by atoms with Gasteiger partial charge in [-0.15, -0.1) is 0 Å². The molecule has 1 aliphatic heterocycles. The molecule has 1 fully saturated rings. The Labute approximate surface area is 93.6 Å². The van der Waals surface area contributed by atoms with Gasteiger partial charge in [0.15, 0.2) is 0 Å². The van der Waals surface area contributed by atoms with Crippen LogP contribution in [-0.2, 0) is 0 Å². The van der Waals surface area contributed by atoms with Gasteiger partial charge in [0.2, 0.25) is 0 Å². The third-order valence-corrected chi connectivity index (χ3v) is 3.36. The zero-order chi connectivity index (χ0) is 11.1. The minimum atomic E-state index is -0.678. The highest BCUT2D eigenvalue weighted by Crippen LogP contribution is 2.13.